The fourth-order valence-corrected chi connectivity index (χ4v) is 2.72. The van der Waals surface area contributed by atoms with Crippen molar-refractivity contribution < 1.29 is 22.7 Å². The number of benzene rings is 2. The van der Waals surface area contributed by atoms with Gasteiger partial charge in [-0.3, -0.25) is 10.00 Å². The van der Waals surface area contributed by atoms with Gasteiger partial charge in [0.15, 0.2) is 11.4 Å². The van der Waals surface area contributed by atoms with Crippen LogP contribution in [0.25, 0.3) is 11.1 Å². The second kappa shape index (κ2) is 7.71. The highest BCUT2D eigenvalue weighted by atomic mass is 35.5. The van der Waals surface area contributed by atoms with Crippen LogP contribution in [0.1, 0.15) is 12.1 Å². The average molecular weight is 396 g/mol. The molecule has 3 aromatic rings. The third-order valence-electron chi connectivity index (χ3n) is 3.57. The lowest BCUT2D eigenvalue weighted by Crippen LogP contribution is -2.17. The Labute approximate surface area is 157 Å². The lowest BCUT2D eigenvalue weighted by atomic mass is 10.0. The van der Waals surface area contributed by atoms with E-state index in [1.165, 1.54) is 25.4 Å². The van der Waals surface area contributed by atoms with Crippen LogP contribution >= 0.6 is 11.6 Å². The van der Waals surface area contributed by atoms with Gasteiger partial charge in [-0.25, -0.2) is 18.0 Å². The van der Waals surface area contributed by atoms with Crippen LogP contribution in [-0.2, 0) is 7.05 Å². The van der Waals surface area contributed by atoms with E-state index >= 15 is 0 Å². The lowest BCUT2D eigenvalue weighted by molar-refractivity contribution is 0.141. The predicted molar refractivity (Wildman–Crippen MR) is 94.7 cm³/mol. The highest BCUT2D eigenvalue weighted by Crippen LogP contribution is 2.31. The number of carbonyl (C=O) groups excluding carboxylic acids is 1. The molecule has 1 aromatic heterocycles. The van der Waals surface area contributed by atoms with E-state index in [-0.39, 0.29) is 10.8 Å². The summed E-state index contributed by atoms with van der Waals surface area (Å²) in [5, 5.41) is 6.22. The average Bonchev–Trinajstić information content (AvgIpc) is 2.95. The minimum Gasteiger partial charge on any atom is -0.406 e. The smallest absolute Gasteiger partial charge is 0.406 e. The lowest BCUT2D eigenvalue weighted by Gasteiger charge is -2.12. The van der Waals surface area contributed by atoms with Gasteiger partial charge in [0.05, 0.1) is 11.9 Å². The van der Waals surface area contributed by atoms with Gasteiger partial charge in [-0.1, -0.05) is 29.8 Å². The van der Waals surface area contributed by atoms with Crippen LogP contribution in [0.15, 0.2) is 48.7 Å². The number of aryl methyl sites for hydroxylation is 1. The molecule has 0 radical (unpaired) electrons. The Balaban J connectivity index is 1.85. The number of halogens is 4. The summed E-state index contributed by atoms with van der Waals surface area (Å²) < 4.78 is 45.6. The number of aromatic nitrogens is 2. The zero-order chi connectivity index (χ0) is 19.6. The predicted octanol–water partition coefficient (Wildman–Crippen LogP) is 5.43. The zero-order valence-electron chi connectivity index (χ0n) is 13.9. The summed E-state index contributed by atoms with van der Waals surface area (Å²) in [4.78, 5) is 12.2. The van der Waals surface area contributed by atoms with Gasteiger partial charge in [0, 0.05) is 17.6 Å². The van der Waals surface area contributed by atoms with E-state index in [4.69, 9.17) is 16.3 Å². The van der Waals surface area contributed by atoms with Crippen molar-refractivity contribution in [2.45, 2.75) is 6.43 Å². The largest absolute Gasteiger partial charge is 0.417 e. The number of para-hydroxylation sites is 1. The summed E-state index contributed by atoms with van der Waals surface area (Å²) in [6.45, 7) is 0. The molecular weight excluding hydrogens is 383 g/mol. The Morgan fingerprint density at radius 1 is 1.26 bits per heavy atom. The van der Waals surface area contributed by atoms with E-state index in [1.54, 1.807) is 24.3 Å². The maximum Gasteiger partial charge on any atom is 0.417 e. The van der Waals surface area contributed by atoms with Gasteiger partial charge in [-0.2, -0.15) is 5.10 Å². The molecule has 1 heterocycles. The monoisotopic (exact) mass is 395 g/mol. The maximum absolute atomic E-state index is 13.6. The van der Waals surface area contributed by atoms with Crippen LogP contribution in [0.3, 0.4) is 0 Å². The number of carbonyl (C=O) groups is 1. The topological polar surface area (TPSA) is 56.1 Å². The number of nitrogens with zero attached hydrogens (tertiary/aromatic N) is 2. The molecule has 0 aliphatic carbocycles. The van der Waals surface area contributed by atoms with Crippen molar-refractivity contribution in [1.29, 1.82) is 0 Å². The molecule has 0 atom stereocenters. The summed E-state index contributed by atoms with van der Waals surface area (Å²) in [5.41, 5.74) is 0.575. The second-order valence-corrected chi connectivity index (χ2v) is 6.01. The standard InChI is InChI=1S/C18H13ClF3N3O2/c1-25-9-15(16(24-25)17(21)22)27-18(26)23-14-5-3-2-4-13(14)10-6-11(19)8-12(20)7-10/h2-9,17H,1H3,(H,23,26). The molecule has 3 rings (SSSR count). The molecule has 1 N–H and O–H groups in total. The number of amides is 1. The van der Waals surface area contributed by atoms with Gasteiger partial charge < -0.3 is 4.74 Å². The molecule has 0 aliphatic heterocycles. The first-order valence-electron chi connectivity index (χ1n) is 7.69. The molecule has 0 spiro atoms. The van der Waals surface area contributed by atoms with Gasteiger partial charge in [-0.05, 0) is 29.8 Å². The number of hydrogen-bond donors (Lipinski definition) is 1. The summed E-state index contributed by atoms with van der Waals surface area (Å²) >= 11 is 5.88. The number of ether oxygens (including phenoxy) is 1. The summed E-state index contributed by atoms with van der Waals surface area (Å²) in [6.07, 6.45) is -2.71. The quantitative estimate of drug-likeness (QED) is 0.641. The third kappa shape index (κ3) is 4.40. The molecule has 1 amide bonds. The molecule has 5 nitrogen and oxygen atoms in total. The molecule has 0 unspecified atom stereocenters. The zero-order valence-corrected chi connectivity index (χ0v) is 14.7. The van der Waals surface area contributed by atoms with Gasteiger partial charge >= 0.3 is 6.09 Å². The Bertz CT molecular complexity index is 971. The van der Waals surface area contributed by atoms with Crippen molar-refractivity contribution in [2.75, 3.05) is 5.32 Å². The SMILES string of the molecule is Cn1cc(OC(=O)Nc2ccccc2-c2cc(F)cc(Cl)c2)c(C(F)F)n1. The molecule has 27 heavy (non-hydrogen) atoms. The Hall–Kier alpha value is -3.00. The van der Waals surface area contributed by atoms with Crippen molar-refractivity contribution in [3.05, 3.63) is 65.2 Å². The van der Waals surface area contributed by atoms with Crippen LogP contribution in [0.5, 0.6) is 5.75 Å². The van der Waals surface area contributed by atoms with Gasteiger partial charge in [0.1, 0.15) is 5.82 Å². The van der Waals surface area contributed by atoms with Gasteiger partial charge in [-0.15, -0.1) is 0 Å². The molecule has 9 heteroatoms. The fourth-order valence-electron chi connectivity index (χ4n) is 2.50. The number of anilines is 1. The van der Waals surface area contributed by atoms with E-state index in [9.17, 15) is 18.0 Å². The van der Waals surface area contributed by atoms with E-state index in [1.807, 2.05) is 0 Å². The number of alkyl halides is 2. The normalized spacial score (nSPS) is 10.9. The highest BCUT2D eigenvalue weighted by Gasteiger charge is 2.21. The number of nitrogens with one attached hydrogen (secondary N) is 1. The van der Waals surface area contributed by atoms with E-state index in [0.29, 0.717) is 16.8 Å². The Morgan fingerprint density at radius 3 is 2.70 bits per heavy atom. The summed E-state index contributed by atoms with van der Waals surface area (Å²) in [5.74, 6) is -0.886. The molecule has 0 saturated carbocycles. The van der Waals surface area contributed by atoms with Gasteiger partial charge in [0.25, 0.3) is 6.43 Å². The van der Waals surface area contributed by atoms with Gasteiger partial charge in [0.2, 0.25) is 0 Å². The maximum atomic E-state index is 13.6. The summed E-state index contributed by atoms with van der Waals surface area (Å²) in [6, 6.07) is 10.5. The molecule has 0 fully saturated rings. The van der Waals surface area contributed by atoms with E-state index in [2.05, 4.69) is 10.4 Å². The first kappa shape index (κ1) is 18.8. The van der Waals surface area contributed by atoms with Crippen molar-refractivity contribution >= 4 is 23.4 Å². The van der Waals surface area contributed by atoms with Crippen molar-refractivity contribution in [1.82, 2.24) is 9.78 Å². The fraction of sp³-hybridized carbons (Fsp3) is 0.111. The molecule has 0 aliphatic rings. The minimum atomic E-state index is -2.89. The van der Waals surface area contributed by atoms with Crippen LogP contribution in [0.4, 0.5) is 23.7 Å². The Morgan fingerprint density at radius 2 is 2.00 bits per heavy atom. The molecule has 0 bridgehead atoms. The van der Waals surface area contributed by atoms with Crippen LogP contribution in [0.2, 0.25) is 5.02 Å². The third-order valence-corrected chi connectivity index (χ3v) is 3.79. The van der Waals surface area contributed by atoms with Crippen LogP contribution in [-0.4, -0.2) is 15.9 Å². The van der Waals surface area contributed by atoms with Crippen molar-refractivity contribution in [3.63, 3.8) is 0 Å². The first-order chi connectivity index (χ1) is 12.8. The number of hydrogen-bond acceptors (Lipinski definition) is 3. The second-order valence-electron chi connectivity index (χ2n) is 5.57. The first-order valence-corrected chi connectivity index (χ1v) is 8.07. The minimum absolute atomic E-state index is 0.194. The van der Waals surface area contributed by atoms with Crippen molar-refractivity contribution in [3.8, 4) is 16.9 Å². The van der Waals surface area contributed by atoms with Crippen LogP contribution in [0, 0.1) is 5.82 Å². The highest BCUT2D eigenvalue weighted by molar-refractivity contribution is 6.30. The molecule has 2 aromatic carbocycles. The summed E-state index contributed by atoms with van der Waals surface area (Å²) in [7, 11) is 1.43. The van der Waals surface area contributed by atoms with E-state index < -0.39 is 24.0 Å². The van der Waals surface area contributed by atoms with Crippen LogP contribution < -0.4 is 10.1 Å². The molecule has 0 saturated heterocycles. The van der Waals surface area contributed by atoms with Crippen molar-refractivity contribution in [2.24, 2.45) is 7.05 Å². The number of rotatable bonds is 4. The molecular formula is C18H13ClF3N3O2. The Kier molecular flexibility index (Phi) is 5.36. The van der Waals surface area contributed by atoms with E-state index in [0.717, 1.165) is 10.7 Å². The molecule has 140 valence electrons.